The number of benzene rings is 2. The van der Waals surface area contributed by atoms with Crippen LogP contribution in [0.2, 0.25) is 0 Å². The summed E-state index contributed by atoms with van der Waals surface area (Å²) in [5, 5.41) is 2.88. The van der Waals surface area contributed by atoms with Crippen LogP contribution in [-0.2, 0) is 25.7 Å². The smallest absolute Gasteiger partial charge is 0.328 e. The van der Waals surface area contributed by atoms with Gasteiger partial charge in [-0.1, -0.05) is 93.2 Å². The summed E-state index contributed by atoms with van der Waals surface area (Å²) in [6, 6.07) is 18.5. The molecule has 3 atom stereocenters. The highest BCUT2D eigenvalue weighted by atomic mass is 32.2. The fourth-order valence-electron chi connectivity index (χ4n) is 3.44. The lowest BCUT2D eigenvalue weighted by atomic mass is 9.87. The first-order chi connectivity index (χ1) is 15.3. The standard InChI is InChI=1S/C26H33NO4S/c1-18(2)15-24(26(30)31-16-21-11-7-5-8-12-21)27-25(29)23(17-32-20(4)28)19(3)22-13-9-6-10-14-22/h5-14,18-19,23-24H,15-17H2,1-4H3,(H,27,29)/t19?,23?,24-/m0/s1. The zero-order valence-electron chi connectivity index (χ0n) is 19.2. The third-order valence-electron chi connectivity index (χ3n) is 5.26. The first-order valence-corrected chi connectivity index (χ1v) is 12.0. The lowest BCUT2D eigenvalue weighted by Crippen LogP contribution is -2.46. The number of hydrogen-bond donors (Lipinski definition) is 1. The highest BCUT2D eigenvalue weighted by molar-refractivity contribution is 8.13. The SMILES string of the molecule is CC(=O)SCC(C(=O)N[C@@H](CC(C)C)C(=O)OCc1ccccc1)C(C)c1ccccc1. The molecular weight excluding hydrogens is 422 g/mol. The van der Waals surface area contributed by atoms with E-state index in [0.717, 1.165) is 22.9 Å². The average Bonchev–Trinajstić information content (AvgIpc) is 2.77. The van der Waals surface area contributed by atoms with Gasteiger partial charge in [-0.3, -0.25) is 9.59 Å². The van der Waals surface area contributed by atoms with Crippen molar-refractivity contribution >= 4 is 28.8 Å². The number of nitrogens with one attached hydrogen (secondary N) is 1. The molecule has 0 aliphatic rings. The molecule has 0 bridgehead atoms. The van der Waals surface area contributed by atoms with Crippen molar-refractivity contribution in [1.29, 1.82) is 0 Å². The molecule has 2 rings (SSSR count). The minimum Gasteiger partial charge on any atom is -0.459 e. The van der Waals surface area contributed by atoms with Crippen LogP contribution in [0.1, 0.15) is 51.2 Å². The maximum absolute atomic E-state index is 13.3. The molecule has 5 nitrogen and oxygen atoms in total. The number of ether oxygens (including phenoxy) is 1. The first kappa shape index (κ1) is 25.7. The van der Waals surface area contributed by atoms with Crippen molar-refractivity contribution in [3.05, 3.63) is 71.8 Å². The van der Waals surface area contributed by atoms with Crippen LogP contribution in [0.25, 0.3) is 0 Å². The van der Waals surface area contributed by atoms with E-state index >= 15 is 0 Å². The molecule has 0 aromatic heterocycles. The van der Waals surface area contributed by atoms with Crippen LogP contribution < -0.4 is 5.32 Å². The Hall–Kier alpha value is -2.60. The van der Waals surface area contributed by atoms with Crippen LogP contribution in [-0.4, -0.2) is 28.8 Å². The van der Waals surface area contributed by atoms with Gasteiger partial charge in [-0.25, -0.2) is 4.79 Å². The maximum atomic E-state index is 13.3. The second kappa shape index (κ2) is 13.1. The van der Waals surface area contributed by atoms with Crippen LogP contribution in [0.15, 0.2) is 60.7 Å². The Bertz CT molecular complexity index is 870. The molecule has 0 fully saturated rings. The zero-order chi connectivity index (χ0) is 23.5. The largest absolute Gasteiger partial charge is 0.459 e. The minimum absolute atomic E-state index is 0.0379. The lowest BCUT2D eigenvalue weighted by molar-refractivity contribution is -0.150. The fraction of sp³-hybridized carbons (Fsp3) is 0.423. The normalized spacial score (nSPS) is 13.8. The predicted octanol–water partition coefficient (Wildman–Crippen LogP) is 4.96. The molecule has 2 aromatic rings. The molecule has 172 valence electrons. The van der Waals surface area contributed by atoms with Gasteiger partial charge in [0.2, 0.25) is 5.91 Å². The van der Waals surface area contributed by atoms with E-state index < -0.39 is 17.9 Å². The van der Waals surface area contributed by atoms with Gasteiger partial charge in [-0.2, -0.15) is 0 Å². The van der Waals surface area contributed by atoms with Crippen molar-refractivity contribution in [2.24, 2.45) is 11.8 Å². The van der Waals surface area contributed by atoms with Crippen molar-refractivity contribution in [1.82, 2.24) is 5.32 Å². The van der Waals surface area contributed by atoms with Gasteiger partial charge in [0.25, 0.3) is 0 Å². The van der Waals surface area contributed by atoms with E-state index in [1.807, 2.05) is 81.4 Å². The van der Waals surface area contributed by atoms with Crippen LogP contribution in [0.3, 0.4) is 0 Å². The molecule has 0 aliphatic carbocycles. The van der Waals surface area contributed by atoms with Crippen molar-refractivity contribution in [3.63, 3.8) is 0 Å². The lowest BCUT2D eigenvalue weighted by Gasteiger charge is -2.26. The molecule has 2 unspecified atom stereocenters. The number of thioether (sulfide) groups is 1. The highest BCUT2D eigenvalue weighted by Crippen LogP contribution is 2.28. The Balaban J connectivity index is 2.13. The van der Waals surface area contributed by atoms with Gasteiger partial charge in [-0.15, -0.1) is 0 Å². The van der Waals surface area contributed by atoms with Crippen molar-refractivity contribution in [2.75, 3.05) is 5.75 Å². The minimum atomic E-state index is -0.737. The van der Waals surface area contributed by atoms with Crippen molar-refractivity contribution in [3.8, 4) is 0 Å². The Labute approximate surface area is 195 Å². The summed E-state index contributed by atoms with van der Waals surface area (Å²) in [5.41, 5.74) is 1.91. The van der Waals surface area contributed by atoms with Gasteiger partial charge in [0, 0.05) is 12.7 Å². The maximum Gasteiger partial charge on any atom is 0.328 e. The Morgan fingerprint density at radius 1 is 0.938 bits per heavy atom. The van der Waals surface area contributed by atoms with Crippen molar-refractivity contribution < 1.29 is 19.1 Å². The number of esters is 1. The number of amides is 1. The molecular formula is C26H33NO4S. The molecule has 6 heteroatoms. The molecule has 0 radical (unpaired) electrons. The highest BCUT2D eigenvalue weighted by Gasteiger charge is 2.31. The summed E-state index contributed by atoms with van der Waals surface area (Å²) in [6.07, 6.45) is 0.478. The Morgan fingerprint density at radius 2 is 1.53 bits per heavy atom. The molecule has 0 saturated carbocycles. The van der Waals surface area contributed by atoms with Gasteiger partial charge in [0.15, 0.2) is 5.12 Å². The summed E-state index contributed by atoms with van der Waals surface area (Å²) in [4.78, 5) is 37.7. The summed E-state index contributed by atoms with van der Waals surface area (Å²) < 4.78 is 5.50. The third-order valence-corrected chi connectivity index (χ3v) is 6.20. The number of rotatable bonds is 11. The van der Waals surface area contributed by atoms with Crippen LogP contribution in [0.5, 0.6) is 0 Å². The van der Waals surface area contributed by atoms with Gasteiger partial charge in [0.1, 0.15) is 12.6 Å². The van der Waals surface area contributed by atoms with Gasteiger partial charge >= 0.3 is 5.97 Å². The number of carbonyl (C=O) groups is 3. The second-order valence-corrected chi connectivity index (χ2v) is 9.59. The molecule has 1 amide bonds. The molecule has 0 heterocycles. The van der Waals surface area contributed by atoms with E-state index in [2.05, 4.69) is 5.32 Å². The molecule has 0 aliphatic heterocycles. The van der Waals surface area contributed by atoms with Crippen LogP contribution in [0, 0.1) is 11.8 Å². The van der Waals surface area contributed by atoms with Gasteiger partial charge in [0.05, 0.1) is 5.92 Å². The summed E-state index contributed by atoms with van der Waals surface area (Å²) in [7, 11) is 0. The predicted molar refractivity (Wildman–Crippen MR) is 129 cm³/mol. The van der Waals surface area contributed by atoms with E-state index in [0.29, 0.717) is 12.2 Å². The second-order valence-electron chi connectivity index (χ2n) is 8.39. The zero-order valence-corrected chi connectivity index (χ0v) is 20.1. The van der Waals surface area contributed by atoms with Crippen LogP contribution in [0.4, 0.5) is 0 Å². The average molecular weight is 456 g/mol. The first-order valence-electron chi connectivity index (χ1n) is 11.0. The quantitative estimate of drug-likeness (QED) is 0.485. The van der Waals surface area contributed by atoms with Gasteiger partial charge in [-0.05, 0) is 29.4 Å². The topological polar surface area (TPSA) is 72.5 Å². The molecule has 0 saturated heterocycles. The van der Waals surface area contributed by atoms with E-state index in [1.165, 1.54) is 6.92 Å². The Kier molecular flexibility index (Phi) is 10.5. The van der Waals surface area contributed by atoms with E-state index in [1.54, 1.807) is 0 Å². The summed E-state index contributed by atoms with van der Waals surface area (Å²) in [5.74, 6) is -0.698. The molecule has 2 aromatic carbocycles. The van der Waals surface area contributed by atoms with Gasteiger partial charge < -0.3 is 10.1 Å². The summed E-state index contributed by atoms with van der Waals surface area (Å²) >= 11 is 1.13. The molecule has 0 spiro atoms. The molecule has 32 heavy (non-hydrogen) atoms. The Morgan fingerprint density at radius 3 is 2.09 bits per heavy atom. The van der Waals surface area contributed by atoms with Crippen molar-refractivity contribution in [2.45, 2.75) is 52.7 Å². The van der Waals surface area contributed by atoms with Crippen LogP contribution >= 0.6 is 11.8 Å². The van der Waals surface area contributed by atoms with E-state index in [4.69, 9.17) is 4.74 Å². The number of carbonyl (C=O) groups excluding carboxylic acids is 3. The van der Waals surface area contributed by atoms with E-state index in [9.17, 15) is 14.4 Å². The summed E-state index contributed by atoms with van der Waals surface area (Å²) in [6.45, 7) is 7.63. The third kappa shape index (κ3) is 8.50. The monoisotopic (exact) mass is 455 g/mol. The molecule has 1 N–H and O–H groups in total. The number of hydrogen-bond acceptors (Lipinski definition) is 5. The van der Waals surface area contributed by atoms with E-state index in [-0.39, 0.29) is 29.5 Å². The fourth-order valence-corrected chi connectivity index (χ4v) is 4.29.